The van der Waals surface area contributed by atoms with Gasteiger partial charge in [0.1, 0.15) is 5.75 Å². The van der Waals surface area contributed by atoms with Crippen LogP contribution in [0.25, 0.3) is 0 Å². The van der Waals surface area contributed by atoms with Gasteiger partial charge in [0.05, 0.1) is 11.4 Å². The predicted octanol–water partition coefficient (Wildman–Crippen LogP) is 2.19. The first-order chi connectivity index (χ1) is 10.0. The summed E-state index contributed by atoms with van der Waals surface area (Å²) < 4.78 is 26.3. The van der Waals surface area contributed by atoms with E-state index in [4.69, 9.17) is 0 Å². The van der Waals surface area contributed by atoms with Crippen LogP contribution < -0.4 is 4.31 Å². The maximum absolute atomic E-state index is 12.5. The minimum atomic E-state index is -3.44. The molecular formula is C15H18N2O3S. The molecule has 0 amide bonds. The van der Waals surface area contributed by atoms with Crippen molar-refractivity contribution in [3.8, 4) is 5.75 Å². The second kappa shape index (κ2) is 6.58. The molecule has 0 unspecified atom stereocenters. The van der Waals surface area contributed by atoms with Gasteiger partial charge in [0.25, 0.3) is 0 Å². The van der Waals surface area contributed by atoms with E-state index in [-0.39, 0.29) is 11.5 Å². The summed E-state index contributed by atoms with van der Waals surface area (Å²) in [5, 5.41) is 9.50. The van der Waals surface area contributed by atoms with Crippen molar-refractivity contribution in [3.63, 3.8) is 0 Å². The van der Waals surface area contributed by atoms with Gasteiger partial charge in [0.2, 0.25) is 10.0 Å². The number of anilines is 1. The lowest BCUT2D eigenvalue weighted by molar-refractivity contribution is 0.475. The molecular weight excluding hydrogens is 288 g/mol. The van der Waals surface area contributed by atoms with Gasteiger partial charge in [-0.15, -0.1) is 0 Å². The summed E-state index contributed by atoms with van der Waals surface area (Å²) >= 11 is 0. The molecule has 0 bridgehead atoms. The number of aryl methyl sites for hydroxylation is 1. The largest absolute Gasteiger partial charge is 0.508 e. The van der Waals surface area contributed by atoms with E-state index in [1.165, 1.54) is 16.4 Å². The molecule has 5 nitrogen and oxygen atoms in total. The Balaban J connectivity index is 2.16. The average Bonchev–Trinajstić information content (AvgIpc) is 2.47. The van der Waals surface area contributed by atoms with E-state index in [1.54, 1.807) is 43.6 Å². The zero-order valence-corrected chi connectivity index (χ0v) is 12.6. The van der Waals surface area contributed by atoms with Crippen molar-refractivity contribution in [2.45, 2.75) is 13.3 Å². The zero-order valence-electron chi connectivity index (χ0n) is 11.8. The van der Waals surface area contributed by atoms with Crippen LogP contribution >= 0.6 is 0 Å². The molecule has 1 N–H and O–H groups in total. The van der Waals surface area contributed by atoms with Crippen LogP contribution in [0.5, 0.6) is 5.75 Å². The predicted molar refractivity (Wildman–Crippen MR) is 82.9 cm³/mol. The number of aromatic nitrogens is 1. The summed E-state index contributed by atoms with van der Waals surface area (Å²) in [4.78, 5) is 3.91. The summed E-state index contributed by atoms with van der Waals surface area (Å²) in [6.45, 7) is 2.09. The van der Waals surface area contributed by atoms with Crippen molar-refractivity contribution in [3.05, 3.63) is 54.4 Å². The molecule has 0 saturated carbocycles. The number of benzene rings is 1. The van der Waals surface area contributed by atoms with Gasteiger partial charge >= 0.3 is 0 Å². The quantitative estimate of drug-likeness (QED) is 0.888. The normalized spacial score (nSPS) is 11.3. The second-order valence-corrected chi connectivity index (χ2v) is 6.62. The lowest BCUT2D eigenvalue weighted by atomic mass is 10.2. The topological polar surface area (TPSA) is 70.5 Å². The van der Waals surface area contributed by atoms with Gasteiger partial charge in [-0.2, -0.15) is 0 Å². The van der Waals surface area contributed by atoms with Crippen LogP contribution in [0.3, 0.4) is 0 Å². The Kier molecular flexibility index (Phi) is 4.80. The number of rotatable bonds is 6. The van der Waals surface area contributed by atoms with Gasteiger partial charge in [-0.25, -0.2) is 8.42 Å². The highest BCUT2D eigenvalue weighted by molar-refractivity contribution is 7.92. The number of phenols is 1. The number of pyridine rings is 1. The molecule has 1 aromatic carbocycles. The standard InChI is InChI=1S/C15H18N2O3S/c1-2-17(14-4-3-5-15(18)12-14)21(19,20)11-8-13-6-9-16-10-7-13/h3-7,9-10,12,18H,2,8,11H2,1H3. The zero-order chi connectivity index (χ0) is 15.3. The van der Waals surface area contributed by atoms with Crippen LogP contribution in [0.2, 0.25) is 0 Å². The van der Waals surface area contributed by atoms with Gasteiger partial charge in [-0.1, -0.05) is 6.07 Å². The number of phenolic OH excluding ortho intramolecular Hbond substituents is 1. The third-order valence-corrected chi connectivity index (χ3v) is 5.00. The Morgan fingerprint density at radius 1 is 1.19 bits per heavy atom. The van der Waals surface area contributed by atoms with Crippen LogP contribution in [0.1, 0.15) is 12.5 Å². The molecule has 0 fully saturated rings. The van der Waals surface area contributed by atoms with E-state index in [9.17, 15) is 13.5 Å². The number of sulfonamides is 1. The molecule has 2 rings (SSSR count). The first kappa shape index (κ1) is 15.3. The minimum absolute atomic E-state index is 0.0144. The van der Waals surface area contributed by atoms with Crippen LogP contribution in [-0.4, -0.2) is 30.8 Å². The number of hydrogen-bond donors (Lipinski definition) is 1. The molecule has 0 atom stereocenters. The van der Waals surface area contributed by atoms with Gasteiger partial charge in [-0.3, -0.25) is 9.29 Å². The van der Waals surface area contributed by atoms with Crippen molar-refractivity contribution in [2.24, 2.45) is 0 Å². The Morgan fingerprint density at radius 3 is 2.52 bits per heavy atom. The smallest absolute Gasteiger partial charge is 0.235 e. The highest BCUT2D eigenvalue weighted by atomic mass is 32.2. The fourth-order valence-electron chi connectivity index (χ4n) is 2.09. The molecule has 0 aliphatic rings. The Hall–Kier alpha value is -2.08. The third kappa shape index (κ3) is 3.95. The summed E-state index contributed by atoms with van der Waals surface area (Å²) in [5.41, 5.74) is 1.41. The van der Waals surface area contributed by atoms with Crippen molar-refractivity contribution < 1.29 is 13.5 Å². The van der Waals surface area contributed by atoms with Gasteiger partial charge in [-0.05, 0) is 43.2 Å². The molecule has 0 radical (unpaired) electrons. The Bertz CT molecular complexity index is 687. The SMILES string of the molecule is CCN(c1cccc(O)c1)S(=O)(=O)CCc1ccncc1. The molecule has 6 heteroatoms. The van der Waals surface area contributed by atoms with Crippen LogP contribution in [0.4, 0.5) is 5.69 Å². The van der Waals surface area contributed by atoms with Crippen molar-refractivity contribution >= 4 is 15.7 Å². The maximum Gasteiger partial charge on any atom is 0.235 e. The van der Waals surface area contributed by atoms with Gasteiger partial charge in [0.15, 0.2) is 0 Å². The maximum atomic E-state index is 12.5. The molecule has 0 aliphatic carbocycles. The lowest BCUT2D eigenvalue weighted by Crippen LogP contribution is -2.33. The van der Waals surface area contributed by atoms with Gasteiger partial charge < -0.3 is 5.11 Å². The summed E-state index contributed by atoms with van der Waals surface area (Å²) in [6.07, 6.45) is 3.73. The molecule has 0 aliphatic heterocycles. The number of nitrogens with zero attached hydrogens (tertiary/aromatic N) is 2. The fraction of sp³-hybridized carbons (Fsp3) is 0.267. The van der Waals surface area contributed by atoms with E-state index in [1.807, 2.05) is 0 Å². The Morgan fingerprint density at radius 2 is 1.90 bits per heavy atom. The monoisotopic (exact) mass is 306 g/mol. The molecule has 2 aromatic rings. The van der Waals surface area contributed by atoms with E-state index in [2.05, 4.69) is 4.98 Å². The second-order valence-electron chi connectivity index (χ2n) is 4.61. The summed E-state index contributed by atoms with van der Waals surface area (Å²) in [7, 11) is -3.44. The van der Waals surface area contributed by atoms with Crippen LogP contribution in [0, 0.1) is 0 Å². The molecule has 0 saturated heterocycles. The number of hydrogen-bond acceptors (Lipinski definition) is 4. The lowest BCUT2D eigenvalue weighted by Gasteiger charge is -2.23. The molecule has 1 aromatic heterocycles. The highest BCUT2D eigenvalue weighted by Gasteiger charge is 2.21. The molecule has 1 heterocycles. The van der Waals surface area contributed by atoms with Crippen LogP contribution in [-0.2, 0) is 16.4 Å². The molecule has 112 valence electrons. The highest BCUT2D eigenvalue weighted by Crippen LogP contribution is 2.23. The van der Waals surface area contributed by atoms with Gasteiger partial charge in [0, 0.05) is 25.0 Å². The first-order valence-electron chi connectivity index (χ1n) is 6.71. The molecule has 21 heavy (non-hydrogen) atoms. The van der Waals surface area contributed by atoms with E-state index in [0.29, 0.717) is 18.7 Å². The first-order valence-corrected chi connectivity index (χ1v) is 8.32. The summed E-state index contributed by atoms with van der Waals surface area (Å²) in [5.74, 6) is 0.0656. The summed E-state index contributed by atoms with van der Waals surface area (Å²) in [6, 6.07) is 9.88. The number of aromatic hydroxyl groups is 1. The molecule has 0 spiro atoms. The van der Waals surface area contributed by atoms with Crippen LogP contribution in [0.15, 0.2) is 48.8 Å². The van der Waals surface area contributed by atoms with E-state index >= 15 is 0 Å². The van der Waals surface area contributed by atoms with Crippen molar-refractivity contribution in [1.82, 2.24) is 4.98 Å². The van der Waals surface area contributed by atoms with Crippen molar-refractivity contribution in [1.29, 1.82) is 0 Å². The Labute approximate surface area is 124 Å². The van der Waals surface area contributed by atoms with E-state index < -0.39 is 10.0 Å². The average molecular weight is 306 g/mol. The van der Waals surface area contributed by atoms with E-state index in [0.717, 1.165) is 5.56 Å². The third-order valence-electron chi connectivity index (χ3n) is 3.14. The van der Waals surface area contributed by atoms with Crippen molar-refractivity contribution in [2.75, 3.05) is 16.6 Å². The fourth-order valence-corrected chi connectivity index (χ4v) is 3.64. The minimum Gasteiger partial charge on any atom is -0.508 e.